The van der Waals surface area contributed by atoms with Gasteiger partial charge in [-0.1, -0.05) is 19.1 Å². The number of hydrogen-bond donors (Lipinski definition) is 2. The summed E-state index contributed by atoms with van der Waals surface area (Å²) in [5.74, 6) is -0.845. The maximum absolute atomic E-state index is 11.8. The highest BCUT2D eigenvalue weighted by molar-refractivity contribution is 6.39. The van der Waals surface area contributed by atoms with Crippen molar-refractivity contribution >= 4 is 23.7 Å². The summed E-state index contributed by atoms with van der Waals surface area (Å²) in [5.41, 5.74) is 4.70. The molecule has 26 heavy (non-hydrogen) atoms. The first kappa shape index (κ1) is 19.2. The highest BCUT2D eigenvalue weighted by Gasteiger charge is 2.12. The van der Waals surface area contributed by atoms with Crippen molar-refractivity contribution in [1.82, 2.24) is 5.43 Å². The molecule has 136 valence electrons. The van der Waals surface area contributed by atoms with E-state index >= 15 is 0 Å². The van der Waals surface area contributed by atoms with E-state index in [-0.39, 0.29) is 6.10 Å². The van der Waals surface area contributed by atoms with Gasteiger partial charge in [-0.05, 0) is 67.8 Å². The van der Waals surface area contributed by atoms with E-state index < -0.39 is 11.8 Å². The van der Waals surface area contributed by atoms with Crippen molar-refractivity contribution in [2.75, 3.05) is 5.32 Å². The lowest BCUT2D eigenvalue weighted by atomic mass is 10.1. The Morgan fingerprint density at radius 2 is 1.69 bits per heavy atom. The molecule has 0 bridgehead atoms. The maximum atomic E-state index is 11.8. The normalized spacial score (nSPS) is 10.8. The largest absolute Gasteiger partial charge is 0.491 e. The molecule has 0 saturated carbocycles. The second-order valence-corrected chi connectivity index (χ2v) is 5.94. The van der Waals surface area contributed by atoms with Crippen molar-refractivity contribution in [2.45, 2.75) is 33.3 Å². The number of hydrazone groups is 1. The minimum atomic E-state index is -0.833. The molecule has 2 aromatic rings. The van der Waals surface area contributed by atoms with Gasteiger partial charge in [0.2, 0.25) is 0 Å². The highest BCUT2D eigenvalue weighted by Crippen LogP contribution is 2.13. The number of ether oxygens (including phenoxy) is 1. The third-order valence-corrected chi connectivity index (χ3v) is 3.46. The summed E-state index contributed by atoms with van der Waals surface area (Å²) in [7, 11) is 0. The fraction of sp³-hybridized carbons (Fsp3) is 0.250. The lowest BCUT2D eigenvalue weighted by molar-refractivity contribution is -0.136. The Balaban J connectivity index is 1.84. The number of anilines is 1. The number of aryl methyl sites for hydroxylation is 1. The first-order valence-electron chi connectivity index (χ1n) is 8.48. The molecule has 0 fully saturated rings. The fourth-order valence-electron chi connectivity index (χ4n) is 2.13. The molecule has 0 unspecified atom stereocenters. The summed E-state index contributed by atoms with van der Waals surface area (Å²) in [6.45, 7) is 5.95. The number of amides is 2. The van der Waals surface area contributed by atoms with Gasteiger partial charge < -0.3 is 10.1 Å². The van der Waals surface area contributed by atoms with Crippen molar-refractivity contribution in [3.63, 3.8) is 0 Å². The van der Waals surface area contributed by atoms with Gasteiger partial charge in [-0.3, -0.25) is 9.59 Å². The molecule has 0 aliphatic heterocycles. The van der Waals surface area contributed by atoms with Crippen LogP contribution < -0.4 is 15.5 Å². The van der Waals surface area contributed by atoms with Crippen LogP contribution in [0, 0.1) is 0 Å². The lowest BCUT2D eigenvalue weighted by Crippen LogP contribution is -2.32. The van der Waals surface area contributed by atoms with Crippen LogP contribution in [-0.4, -0.2) is 24.1 Å². The number of nitrogens with zero attached hydrogens (tertiary/aromatic N) is 1. The Bertz CT molecular complexity index is 766. The Morgan fingerprint density at radius 3 is 2.27 bits per heavy atom. The summed E-state index contributed by atoms with van der Waals surface area (Å²) in [4.78, 5) is 23.6. The van der Waals surface area contributed by atoms with Crippen molar-refractivity contribution < 1.29 is 14.3 Å². The van der Waals surface area contributed by atoms with E-state index in [2.05, 4.69) is 15.8 Å². The van der Waals surface area contributed by atoms with Gasteiger partial charge in [0.15, 0.2) is 0 Å². The van der Waals surface area contributed by atoms with Gasteiger partial charge in [-0.15, -0.1) is 0 Å². The van der Waals surface area contributed by atoms with E-state index in [4.69, 9.17) is 4.74 Å². The maximum Gasteiger partial charge on any atom is 0.329 e. The predicted molar refractivity (Wildman–Crippen MR) is 102 cm³/mol. The fourth-order valence-corrected chi connectivity index (χ4v) is 2.13. The van der Waals surface area contributed by atoms with E-state index in [9.17, 15) is 9.59 Å². The first-order chi connectivity index (χ1) is 12.5. The molecule has 0 spiro atoms. The van der Waals surface area contributed by atoms with Crippen LogP contribution in [0.15, 0.2) is 53.6 Å². The summed E-state index contributed by atoms with van der Waals surface area (Å²) in [5, 5.41) is 6.32. The Labute approximate surface area is 153 Å². The van der Waals surface area contributed by atoms with Crippen molar-refractivity contribution in [2.24, 2.45) is 5.10 Å². The molecule has 0 aliphatic carbocycles. The van der Waals surface area contributed by atoms with Crippen LogP contribution in [0.4, 0.5) is 5.69 Å². The van der Waals surface area contributed by atoms with Crippen LogP contribution in [0.1, 0.15) is 31.9 Å². The van der Waals surface area contributed by atoms with Gasteiger partial charge >= 0.3 is 11.8 Å². The van der Waals surface area contributed by atoms with E-state index in [0.29, 0.717) is 5.69 Å². The zero-order valence-electron chi connectivity index (χ0n) is 15.2. The second kappa shape index (κ2) is 9.36. The van der Waals surface area contributed by atoms with Gasteiger partial charge in [0.05, 0.1) is 12.3 Å². The topological polar surface area (TPSA) is 79.8 Å². The van der Waals surface area contributed by atoms with Crippen molar-refractivity contribution in [3.05, 3.63) is 59.7 Å². The molecular weight excluding hydrogens is 330 g/mol. The number of carbonyl (C=O) groups is 2. The Morgan fingerprint density at radius 1 is 1.04 bits per heavy atom. The third kappa shape index (κ3) is 6.05. The van der Waals surface area contributed by atoms with Crippen LogP contribution in [0.3, 0.4) is 0 Å². The van der Waals surface area contributed by atoms with Gasteiger partial charge in [-0.25, -0.2) is 5.43 Å². The quantitative estimate of drug-likeness (QED) is 0.476. The van der Waals surface area contributed by atoms with Gasteiger partial charge in [0.25, 0.3) is 0 Å². The van der Waals surface area contributed by atoms with Crippen LogP contribution in [0.25, 0.3) is 0 Å². The molecule has 6 heteroatoms. The molecule has 2 amide bonds. The minimum absolute atomic E-state index is 0.102. The van der Waals surface area contributed by atoms with Crippen molar-refractivity contribution in [1.29, 1.82) is 0 Å². The van der Waals surface area contributed by atoms with Gasteiger partial charge in [-0.2, -0.15) is 5.10 Å². The Hall–Kier alpha value is -3.15. The molecule has 0 saturated heterocycles. The van der Waals surface area contributed by atoms with Gasteiger partial charge in [0.1, 0.15) is 5.75 Å². The molecule has 0 aromatic heterocycles. The van der Waals surface area contributed by atoms with E-state index in [1.165, 1.54) is 6.21 Å². The summed E-state index contributed by atoms with van der Waals surface area (Å²) < 4.78 is 5.55. The molecule has 6 nitrogen and oxygen atoms in total. The van der Waals surface area contributed by atoms with Crippen molar-refractivity contribution in [3.8, 4) is 5.75 Å². The lowest BCUT2D eigenvalue weighted by Gasteiger charge is -2.09. The number of rotatable bonds is 6. The number of nitrogens with one attached hydrogen (secondary N) is 2. The second-order valence-electron chi connectivity index (χ2n) is 5.94. The smallest absolute Gasteiger partial charge is 0.329 e. The zero-order valence-corrected chi connectivity index (χ0v) is 15.2. The molecular formula is C20H23N3O3. The van der Waals surface area contributed by atoms with E-state index in [0.717, 1.165) is 23.3 Å². The van der Waals surface area contributed by atoms with Crippen LogP contribution in [-0.2, 0) is 16.0 Å². The molecule has 0 aliphatic rings. The third-order valence-electron chi connectivity index (χ3n) is 3.46. The summed E-state index contributed by atoms with van der Waals surface area (Å²) in [6.07, 6.45) is 2.47. The first-order valence-corrected chi connectivity index (χ1v) is 8.48. The van der Waals surface area contributed by atoms with E-state index in [1.54, 1.807) is 12.1 Å². The summed E-state index contributed by atoms with van der Waals surface area (Å²) >= 11 is 0. The zero-order chi connectivity index (χ0) is 18.9. The van der Waals surface area contributed by atoms with E-state index in [1.807, 2.05) is 57.2 Å². The molecule has 2 aromatic carbocycles. The van der Waals surface area contributed by atoms with Gasteiger partial charge in [0, 0.05) is 5.69 Å². The predicted octanol–water partition coefficient (Wildman–Crippen LogP) is 3.13. The molecule has 2 N–H and O–H groups in total. The van der Waals surface area contributed by atoms with Crippen LogP contribution >= 0.6 is 0 Å². The average molecular weight is 353 g/mol. The Kier molecular flexibility index (Phi) is 6.91. The standard InChI is InChI=1S/C20H23N3O3/c1-4-15-5-9-17(10-6-15)22-19(24)20(25)23-21-13-16-7-11-18(12-8-16)26-14(2)3/h5-14H,4H2,1-3H3,(H,22,24)(H,23,25)/b21-13-. The number of carbonyl (C=O) groups excluding carboxylic acids is 2. The molecule has 0 radical (unpaired) electrons. The number of benzene rings is 2. The molecule has 0 atom stereocenters. The van der Waals surface area contributed by atoms with Crippen LogP contribution in [0.5, 0.6) is 5.75 Å². The molecule has 0 heterocycles. The SMILES string of the molecule is CCc1ccc(NC(=O)C(=O)N/N=C\c2ccc(OC(C)C)cc2)cc1. The summed E-state index contributed by atoms with van der Waals surface area (Å²) in [6, 6.07) is 14.6. The average Bonchev–Trinajstić information content (AvgIpc) is 2.63. The minimum Gasteiger partial charge on any atom is -0.491 e. The highest BCUT2D eigenvalue weighted by atomic mass is 16.5. The van der Waals surface area contributed by atoms with Crippen LogP contribution in [0.2, 0.25) is 0 Å². The molecule has 2 rings (SSSR count). The number of hydrogen-bond acceptors (Lipinski definition) is 4. The monoisotopic (exact) mass is 353 g/mol.